The van der Waals surface area contributed by atoms with Gasteiger partial charge >= 0.3 is 0 Å². The van der Waals surface area contributed by atoms with E-state index in [1.165, 1.54) is 0 Å². The number of benzene rings is 2. The summed E-state index contributed by atoms with van der Waals surface area (Å²) in [7, 11) is 4.93. The number of carbonyl (C=O) groups is 1. The Labute approximate surface area is 136 Å². The number of amides is 1. The van der Waals surface area contributed by atoms with E-state index in [2.05, 4.69) is 0 Å². The van der Waals surface area contributed by atoms with E-state index in [-0.39, 0.29) is 12.5 Å². The van der Waals surface area contributed by atoms with Gasteiger partial charge in [0.15, 0.2) is 6.61 Å². The van der Waals surface area contributed by atoms with E-state index in [1.54, 1.807) is 32.2 Å². The Morgan fingerprint density at radius 1 is 1.00 bits per heavy atom. The maximum Gasteiger partial charge on any atom is 0.260 e. The summed E-state index contributed by atoms with van der Waals surface area (Å²) in [5.41, 5.74) is 0.906. The van der Waals surface area contributed by atoms with Crippen molar-refractivity contribution in [2.24, 2.45) is 0 Å². The minimum Gasteiger partial charge on any atom is -0.497 e. The zero-order valence-electron chi connectivity index (χ0n) is 13.6. The Hall–Kier alpha value is -2.69. The van der Waals surface area contributed by atoms with E-state index in [0.29, 0.717) is 23.8 Å². The van der Waals surface area contributed by atoms with Crippen molar-refractivity contribution in [1.29, 1.82) is 0 Å². The van der Waals surface area contributed by atoms with Crippen LogP contribution in [0.5, 0.6) is 17.2 Å². The first-order valence-corrected chi connectivity index (χ1v) is 7.26. The molecule has 2 aromatic rings. The average molecular weight is 315 g/mol. The standard InChI is InChI=1S/C18H21NO4/c1-19(18(20)13-23-15-7-5-4-6-8-15)12-14-9-10-16(21-2)11-17(14)22-3/h4-11H,12-13H2,1-3H3. The van der Waals surface area contributed by atoms with Crippen molar-refractivity contribution in [3.8, 4) is 17.2 Å². The molecule has 0 N–H and O–H groups in total. The van der Waals surface area contributed by atoms with Crippen LogP contribution in [0.25, 0.3) is 0 Å². The van der Waals surface area contributed by atoms with Gasteiger partial charge in [-0.1, -0.05) is 18.2 Å². The fourth-order valence-electron chi connectivity index (χ4n) is 2.10. The number of para-hydroxylation sites is 1. The lowest BCUT2D eigenvalue weighted by molar-refractivity contribution is -0.132. The molecule has 0 unspecified atom stereocenters. The van der Waals surface area contributed by atoms with Crippen molar-refractivity contribution in [2.45, 2.75) is 6.54 Å². The molecule has 5 nitrogen and oxygen atoms in total. The maximum absolute atomic E-state index is 12.2. The second-order valence-corrected chi connectivity index (χ2v) is 5.03. The van der Waals surface area contributed by atoms with Crippen LogP contribution in [0.4, 0.5) is 0 Å². The molecule has 0 aliphatic heterocycles. The van der Waals surface area contributed by atoms with Crippen LogP contribution in [0.2, 0.25) is 0 Å². The number of methoxy groups -OCH3 is 2. The highest BCUT2D eigenvalue weighted by Crippen LogP contribution is 2.25. The smallest absolute Gasteiger partial charge is 0.260 e. The second-order valence-electron chi connectivity index (χ2n) is 5.03. The molecule has 0 saturated heterocycles. The predicted octanol–water partition coefficient (Wildman–Crippen LogP) is 2.74. The molecule has 0 radical (unpaired) electrons. The topological polar surface area (TPSA) is 48.0 Å². The summed E-state index contributed by atoms with van der Waals surface area (Å²) in [6, 6.07) is 14.8. The monoisotopic (exact) mass is 315 g/mol. The first-order chi connectivity index (χ1) is 11.1. The van der Waals surface area contributed by atoms with Gasteiger partial charge in [-0.25, -0.2) is 0 Å². The molecule has 2 rings (SSSR count). The molecule has 0 spiro atoms. The molecule has 0 bridgehead atoms. The lowest BCUT2D eigenvalue weighted by Gasteiger charge is -2.19. The van der Waals surface area contributed by atoms with Gasteiger partial charge < -0.3 is 19.1 Å². The van der Waals surface area contributed by atoms with Crippen LogP contribution >= 0.6 is 0 Å². The average Bonchev–Trinajstić information content (AvgIpc) is 2.60. The Morgan fingerprint density at radius 2 is 1.74 bits per heavy atom. The predicted molar refractivity (Wildman–Crippen MR) is 88.0 cm³/mol. The van der Waals surface area contributed by atoms with Crippen molar-refractivity contribution in [2.75, 3.05) is 27.9 Å². The number of nitrogens with zero attached hydrogens (tertiary/aromatic N) is 1. The molecular formula is C18H21NO4. The first kappa shape index (κ1) is 16.7. The number of carbonyl (C=O) groups excluding carboxylic acids is 1. The highest BCUT2D eigenvalue weighted by molar-refractivity contribution is 5.77. The molecule has 1 amide bonds. The summed E-state index contributed by atoms with van der Waals surface area (Å²) in [4.78, 5) is 13.8. The zero-order valence-corrected chi connectivity index (χ0v) is 13.6. The van der Waals surface area contributed by atoms with Gasteiger partial charge in [-0.3, -0.25) is 4.79 Å². The molecule has 0 aromatic heterocycles. The second kappa shape index (κ2) is 8.08. The van der Waals surface area contributed by atoms with Gasteiger partial charge in [0, 0.05) is 25.2 Å². The Balaban J connectivity index is 1.95. The molecule has 0 fully saturated rings. The van der Waals surface area contributed by atoms with Crippen molar-refractivity contribution >= 4 is 5.91 Å². The lowest BCUT2D eigenvalue weighted by atomic mass is 10.2. The molecule has 0 heterocycles. The highest BCUT2D eigenvalue weighted by atomic mass is 16.5. The number of rotatable bonds is 7. The summed E-state index contributed by atoms with van der Waals surface area (Å²) < 4.78 is 16.0. The molecule has 2 aromatic carbocycles. The van der Waals surface area contributed by atoms with Gasteiger partial charge in [0.2, 0.25) is 0 Å². The molecule has 0 saturated carbocycles. The van der Waals surface area contributed by atoms with E-state index < -0.39 is 0 Å². The molecular weight excluding hydrogens is 294 g/mol. The number of ether oxygens (including phenoxy) is 3. The lowest BCUT2D eigenvalue weighted by Crippen LogP contribution is -2.31. The Kier molecular flexibility index (Phi) is 5.86. The van der Waals surface area contributed by atoms with Crippen LogP contribution in [0.1, 0.15) is 5.56 Å². The quantitative estimate of drug-likeness (QED) is 0.788. The molecule has 122 valence electrons. The van der Waals surface area contributed by atoms with Crippen molar-refractivity contribution in [3.05, 3.63) is 54.1 Å². The maximum atomic E-state index is 12.2. The molecule has 23 heavy (non-hydrogen) atoms. The highest BCUT2D eigenvalue weighted by Gasteiger charge is 2.13. The van der Waals surface area contributed by atoms with Crippen molar-refractivity contribution in [1.82, 2.24) is 4.90 Å². The summed E-state index contributed by atoms with van der Waals surface area (Å²) in [6.45, 7) is 0.434. The van der Waals surface area contributed by atoms with Gasteiger partial charge in [0.25, 0.3) is 5.91 Å². The van der Waals surface area contributed by atoms with Gasteiger partial charge in [0.05, 0.1) is 14.2 Å². The number of hydrogen-bond donors (Lipinski definition) is 0. The summed E-state index contributed by atoms with van der Waals surface area (Å²) in [5, 5.41) is 0. The first-order valence-electron chi connectivity index (χ1n) is 7.26. The van der Waals surface area contributed by atoms with E-state index in [9.17, 15) is 4.79 Å². The molecule has 0 aliphatic rings. The third kappa shape index (κ3) is 4.64. The third-order valence-corrected chi connectivity index (χ3v) is 3.43. The van der Waals surface area contributed by atoms with Gasteiger partial charge in [0.1, 0.15) is 17.2 Å². The number of hydrogen-bond acceptors (Lipinski definition) is 4. The summed E-state index contributed by atoms with van der Waals surface area (Å²) >= 11 is 0. The van der Waals surface area contributed by atoms with E-state index >= 15 is 0 Å². The van der Waals surface area contributed by atoms with Crippen molar-refractivity contribution < 1.29 is 19.0 Å². The Bertz CT molecular complexity index is 643. The van der Waals surface area contributed by atoms with E-state index in [1.807, 2.05) is 42.5 Å². The van der Waals surface area contributed by atoms with Crippen LogP contribution in [0.15, 0.2) is 48.5 Å². The molecule has 5 heteroatoms. The fraction of sp³-hybridized carbons (Fsp3) is 0.278. The van der Waals surface area contributed by atoms with Crippen molar-refractivity contribution in [3.63, 3.8) is 0 Å². The summed E-state index contributed by atoms with van der Waals surface area (Å²) in [5.74, 6) is 1.97. The van der Waals surface area contributed by atoms with Crippen LogP contribution in [-0.4, -0.2) is 38.7 Å². The van der Waals surface area contributed by atoms with Crippen LogP contribution < -0.4 is 14.2 Å². The normalized spacial score (nSPS) is 10.0. The van der Waals surface area contributed by atoms with Gasteiger partial charge in [-0.05, 0) is 24.3 Å². The van der Waals surface area contributed by atoms with Gasteiger partial charge in [-0.15, -0.1) is 0 Å². The van der Waals surface area contributed by atoms with Crippen LogP contribution in [0.3, 0.4) is 0 Å². The Morgan fingerprint density at radius 3 is 2.39 bits per heavy atom. The summed E-state index contributed by atoms with van der Waals surface area (Å²) in [6.07, 6.45) is 0. The molecule has 0 atom stereocenters. The van der Waals surface area contributed by atoms with E-state index in [0.717, 1.165) is 5.56 Å². The minimum atomic E-state index is -0.105. The van der Waals surface area contributed by atoms with Crippen LogP contribution in [-0.2, 0) is 11.3 Å². The van der Waals surface area contributed by atoms with Crippen LogP contribution in [0, 0.1) is 0 Å². The largest absolute Gasteiger partial charge is 0.497 e. The van der Waals surface area contributed by atoms with E-state index in [4.69, 9.17) is 14.2 Å². The fourth-order valence-corrected chi connectivity index (χ4v) is 2.10. The minimum absolute atomic E-state index is 0.00101. The zero-order chi connectivity index (χ0) is 16.7. The molecule has 0 aliphatic carbocycles. The number of likely N-dealkylation sites (N-methyl/N-ethyl adjacent to an activating group) is 1. The van der Waals surface area contributed by atoms with Gasteiger partial charge in [-0.2, -0.15) is 0 Å². The SMILES string of the molecule is COc1ccc(CN(C)C(=O)COc2ccccc2)c(OC)c1. The third-order valence-electron chi connectivity index (χ3n) is 3.43.